The molecule has 5 heteroatoms. The Morgan fingerprint density at radius 3 is 3.00 bits per heavy atom. The first-order valence-electron chi connectivity index (χ1n) is 4.43. The van der Waals surface area contributed by atoms with Crippen molar-refractivity contribution in [3.63, 3.8) is 0 Å². The van der Waals surface area contributed by atoms with Gasteiger partial charge in [-0.25, -0.2) is 4.98 Å². The Labute approximate surface area is 86.8 Å². The molecule has 0 radical (unpaired) electrons. The van der Waals surface area contributed by atoms with Crippen LogP contribution in [0.25, 0.3) is 0 Å². The van der Waals surface area contributed by atoms with Crippen LogP contribution in [0.2, 0.25) is 0 Å². The fourth-order valence-corrected chi connectivity index (χ4v) is 1.82. The van der Waals surface area contributed by atoms with Crippen LogP contribution < -0.4 is 5.56 Å². The van der Waals surface area contributed by atoms with Crippen LogP contribution >= 0.6 is 11.8 Å². The fraction of sp³-hybridized carbons (Fsp3) is 0.556. The van der Waals surface area contributed by atoms with Gasteiger partial charge in [-0.1, -0.05) is 18.7 Å². The average molecular weight is 214 g/mol. The molecular weight excluding hydrogens is 200 g/mol. The first-order valence-corrected chi connectivity index (χ1v) is 5.42. The number of nitrogens with one attached hydrogen (secondary N) is 1. The van der Waals surface area contributed by atoms with E-state index in [1.807, 2.05) is 6.92 Å². The Balaban J connectivity index is 2.63. The van der Waals surface area contributed by atoms with E-state index in [1.165, 1.54) is 17.8 Å². The van der Waals surface area contributed by atoms with Crippen molar-refractivity contribution in [2.45, 2.75) is 19.0 Å². The minimum atomic E-state index is -0.128. The lowest BCUT2D eigenvalue weighted by atomic mass is 10.2. The Morgan fingerprint density at radius 1 is 1.71 bits per heavy atom. The largest absolute Gasteiger partial charge is 0.396 e. The third kappa shape index (κ3) is 3.51. The molecule has 0 bridgehead atoms. The monoisotopic (exact) mass is 214 g/mol. The maximum atomic E-state index is 11.1. The highest BCUT2D eigenvalue weighted by Crippen LogP contribution is 2.14. The lowest BCUT2D eigenvalue weighted by Gasteiger charge is -2.06. The molecule has 0 aliphatic carbocycles. The summed E-state index contributed by atoms with van der Waals surface area (Å²) in [5.41, 5.74) is 0.588. The van der Waals surface area contributed by atoms with Gasteiger partial charge in [0.15, 0.2) is 5.16 Å². The smallest absolute Gasteiger partial charge is 0.251 e. The van der Waals surface area contributed by atoms with E-state index in [-0.39, 0.29) is 18.1 Å². The highest BCUT2D eigenvalue weighted by atomic mass is 32.2. The van der Waals surface area contributed by atoms with Gasteiger partial charge in [0.05, 0.1) is 0 Å². The van der Waals surface area contributed by atoms with Gasteiger partial charge in [0, 0.05) is 24.1 Å². The molecule has 0 saturated heterocycles. The van der Waals surface area contributed by atoms with Crippen LogP contribution in [0.15, 0.2) is 16.0 Å². The summed E-state index contributed by atoms with van der Waals surface area (Å²) >= 11 is 1.45. The minimum absolute atomic E-state index is 0.128. The first kappa shape index (κ1) is 11.3. The van der Waals surface area contributed by atoms with E-state index < -0.39 is 0 Å². The maximum absolute atomic E-state index is 11.1. The van der Waals surface area contributed by atoms with Gasteiger partial charge in [-0.2, -0.15) is 0 Å². The van der Waals surface area contributed by atoms with Gasteiger partial charge in [-0.15, -0.1) is 0 Å². The predicted octanol–water partition coefficient (Wildman–Crippen LogP) is 0.799. The van der Waals surface area contributed by atoms with E-state index in [2.05, 4.69) is 9.97 Å². The second-order valence-electron chi connectivity index (χ2n) is 3.29. The van der Waals surface area contributed by atoms with Crippen molar-refractivity contribution in [3.8, 4) is 0 Å². The molecule has 1 aromatic heterocycles. The number of thioether (sulfide) groups is 1. The zero-order valence-corrected chi connectivity index (χ0v) is 9.10. The van der Waals surface area contributed by atoms with Crippen LogP contribution in [0.4, 0.5) is 0 Å². The maximum Gasteiger partial charge on any atom is 0.251 e. The summed E-state index contributed by atoms with van der Waals surface area (Å²) in [5.74, 6) is 0.967. The second kappa shape index (κ2) is 5.17. The van der Waals surface area contributed by atoms with Crippen LogP contribution in [0.5, 0.6) is 0 Å². The van der Waals surface area contributed by atoms with Crippen molar-refractivity contribution < 1.29 is 5.11 Å². The number of rotatable bonds is 4. The summed E-state index contributed by atoms with van der Waals surface area (Å²) in [4.78, 5) is 17.9. The standard InChI is InChI=1S/C9H14N2O2S/c1-6(4-12)5-14-9-10-7(2)3-8(13)11-9/h3,6,12H,4-5H2,1-2H3,(H,10,11,13). The zero-order chi connectivity index (χ0) is 10.6. The summed E-state index contributed by atoms with van der Waals surface area (Å²) in [6, 6.07) is 1.46. The highest BCUT2D eigenvalue weighted by Gasteiger charge is 2.03. The van der Waals surface area contributed by atoms with Crippen molar-refractivity contribution in [1.29, 1.82) is 0 Å². The van der Waals surface area contributed by atoms with Crippen molar-refractivity contribution in [2.24, 2.45) is 5.92 Å². The first-order chi connectivity index (χ1) is 6.61. The lowest BCUT2D eigenvalue weighted by Crippen LogP contribution is -2.10. The molecule has 78 valence electrons. The van der Waals surface area contributed by atoms with Crippen molar-refractivity contribution in [2.75, 3.05) is 12.4 Å². The molecule has 0 aromatic carbocycles. The number of aryl methyl sites for hydroxylation is 1. The molecule has 0 amide bonds. The summed E-state index contributed by atoms with van der Waals surface area (Å²) in [6.07, 6.45) is 0. The molecule has 4 nitrogen and oxygen atoms in total. The van der Waals surface area contributed by atoms with Gasteiger partial charge in [0.2, 0.25) is 0 Å². The van der Waals surface area contributed by atoms with Gasteiger partial charge >= 0.3 is 0 Å². The number of aromatic amines is 1. The molecule has 1 unspecified atom stereocenters. The lowest BCUT2D eigenvalue weighted by molar-refractivity contribution is 0.250. The molecule has 1 rings (SSSR count). The van der Waals surface area contributed by atoms with E-state index in [9.17, 15) is 4.79 Å². The normalized spacial score (nSPS) is 12.8. The molecule has 1 atom stereocenters. The van der Waals surface area contributed by atoms with E-state index in [0.29, 0.717) is 10.9 Å². The van der Waals surface area contributed by atoms with Crippen LogP contribution in [0, 0.1) is 12.8 Å². The molecule has 0 fully saturated rings. The highest BCUT2D eigenvalue weighted by molar-refractivity contribution is 7.99. The molecule has 14 heavy (non-hydrogen) atoms. The topological polar surface area (TPSA) is 66.0 Å². The molecule has 0 aliphatic rings. The third-order valence-corrected chi connectivity index (χ3v) is 2.87. The zero-order valence-electron chi connectivity index (χ0n) is 8.28. The van der Waals surface area contributed by atoms with E-state index >= 15 is 0 Å². The molecule has 1 heterocycles. The van der Waals surface area contributed by atoms with Crippen LogP contribution in [-0.4, -0.2) is 27.4 Å². The Morgan fingerprint density at radius 2 is 2.43 bits per heavy atom. The Kier molecular flexibility index (Phi) is 4.16. The quantitative estimate of drug-likeness (QED) is 0.574. The van der Waals surface area contributed by atoms with Crippen LogP contribution in [0.3, 0.4) is 0 Å². The number of aromatic nitrogens is 2. The number of hydrogen-bond acceptors (Lipinski definition) is 4. The average Bonchev–Trinajstić information content (AvgIpc) is 2.12. The van der Waals surface area contributed by atoms with E-state index in [1.54, 1.807) is 6.92 Å². The molecule has 1 aromatic rings. The number of aliphatic hydroxyl groups is 1. The summed E-state index contributed by atoms with van der Waals surface area (Å²) in [7, 11) is 0. The Hall–Kier alpha value is -0.810. The SMILES string of the molecule is Cc1cc(=O)[nH]c(SCC(C)CO)n1. The second-order valence-corrected chi connectivity index (χ2v) is 4.30. The molecular formula is C9H14N2O2S. The fourth-order valence-electron chi connectivity index (χ4n) is 0.894. The number of hydrogen-bond donors (Lipinski definition) is 2. The van der Waals surface area contributed by atoms with Crippen molar-refractivity contribution >= 4 is 11.8 Å². The summed E-state index contributed by atoms with van der Waals surface area (Å²) < 4.78 is 0. The minimum Gasteiger partial charge on any atom is -0.396 e. The molecule has 0 saturated carbocycles. The summed E-state index contributed by atoms with van der Waals surface area (Å²) in [6.45, 7) is 3.89. The van der Waals surface area contributed by atoms with E-state index in [4.69, 9.17) is 5.11 Å². The summed E-state index contributed by atoms with van der Waals surface area (Å²) in [5, 5.41) is 9.44. The van der Waals surface area contributed by atoms with Gasteiger partial charge in [-0.3, -0.25) is 4.79 Å². The van der Waals surface area contributed by atoms with Gasteiger partial charge in [0.25, 0.3) is 5.56 Å². The van der Waals surface area contributed by atoms with Crippen molar-refractivity contribution in [3.05, 3.63) is 22.1 Å². The van der Waals surface area contributed by atoms with Crippen LogP contribution in [0.1, 0.15) is 12.6 Å². The number of nitrogens with zero attached hydrogens (tertiary/aromatic N) is 1. The Bertz CT molecular complexity index is 351. The van der Waals surface area contributed by atoms with Gasteiger partial charge in [0.1, 0.15) is 0 Å². The molecule has 0 aliphatic heterocycles. The van der Waals surface area contributed by atoms with E-state index in [0.717, 1.165) is 5.75 Å². The molecule has 0 spiro atoms. The van der Waals surface area contributed by atoms with Crippen molar-refractivity contribution in [1.82, 2.24) is 9.97 Å². The predicted molar refractivity (Wildman–Crippen MR) is 56.6 cm³/mol. The third-order valence-electron chi connectivity index (χ3n) is 1.66. The number of aliphatic hydroxyl groups excluding tert-OH is 1. The van der Waals surface area contributed by atoms with Gasteiger partial charge < -0.3 is 10.1 Å². The van der Waals surface area contributed by atoms with Crippen LogP contribution in [-0.2, 0) is 0 Å². The molecule has 2 N–H and O–H groups in total. The number of H-pyrrole nitrogens is 1. The van der Waals surface area contributed by atoms with Gasteiger partial charge in [-0.05, 0) is 12.8 Å².